The number of hydrogen-bond acceptors (Lipinski definition) is 4. The number of aromatic nitrogens is 2. The summed E-state index contributed by atoms with van der Waals surface area (Å²) in [6.07, 6.45) is 1.25. The van der Waals surface area contributed by atoms with Crippen LogP contribution in [-0.2, 0) is 0 Å². The molecule has 0 atom stereocenters. The fourth-order valence-electron chi connectivity index (χ4n) is 1.23. The van der Waals surface area contributed by atoms with E-state index in [0.717, 1.165) is 0 Å². The lowest BCUT2D eigenvalue weighted by atomic mass is 10.3. The minimum atomic E-state index is -0.416. The van der Waals surface area contributed by atoms with Crippen molar-refractivity contribution in [3.63, 3.8) is 0 Å². The lowest BCUT2D eigenvalue weighted by Crippen LogP contribution is -2.14. The largest absolute Gasteiger partial charge is 0.391 e. The zero-order chi connectivity index (χ0) is 12.4. The van der Waals surface area contributed by atoms with Crippen molar-refractivity contribution in [2.45, 2.75) is 0 Å². The Kier molecular flexibility index (Phi) is 3.21. The summed E-state index contributed by atoms with van der Waals surface area (Å²) in [5, 5.41) is 3.82. The maximum Gasteiger partial charge on any atom is 0.276 e. The molecular weight excluding hydrogens is 263 g/mol. The summed E-state index contributed by atoms with van der Waals surface area (Å²) in [5.41, 5.74) is 5.68. The van der Waals surface area contributed by atoms with Crippen molar-refractivity contribution in [2.24, 2.45) is 0 Å². The first-order valence-electron chi connectivity index (χ1n) is 4.63. The molecule has 5 nitrogen and oxygen atoms in total. The monoisotopic (exact) mass is 270 g/mol. The number of H-pyrrole nitrogens is 1. The molecule has 0 unspecified atom stereocenters. The van der Waals surface area contributed by atoms with E-state index in [4.69, 9.17) is 28.9 Å². The maximum atomic E-state index is 11.3. The molecule has 0 amide bonds. The first-order chi connectivity index (χ1) is 8.08. The molecule has 0 aliphatic rings. The van der Waals surface area contributed by atoms with E-state index in [1.165, 1.54) is 6.33 Å². The van der Waals surface area contributed by atoms with Gasteiger partial charge in [0, 0.05) is 5.02 Å². The first-order valence-corrected chi connectivity index (χ1v) is 5.39. The highest BCUT2D eigenvalue weighted by Crippen LogP contribution is 2.28. The summed E-state index contributed by atoms with van der Waals surface area (Å²) in [6.45, 7) is 0. The molecule has 17 heavy (non-hydrogen) atoms. The molecule has 2 aromatic rings. The molecule has 0 radical (unpaired) electrons. The molecule has 88 valence electrons. The molecule has 7 heteroatoms. The van der Waals surface area contributed by atoms with Gasteiger partial charge in [-0.15, -0.1) is 0 Å². The van der Waals surface area contributed by atoms with Gasteiger partial charge in [0.15, 0.2) is 5.82 Å². The topological polar surface area (TPSA) is 83.8 Å². The predicted molar refractivity (Wildman–Crippen MR) is 69.0 cm³/mol. The normalized spacial score (nSPS) is 10.2. The second-order valence-corrected chi connectivity index (χ2v) is 4.09. The van der Waals surface area contributed by atoms with Crippen LogP contribution in [0.2, 0.25) is 10.0 Å². The van der Waals surface area contributed by atoms with Crippen LogP contribution in [0.25, 0.3) is 0 Å². The Balaban J connectivity index is 2.41. The molecule has 4 N–H and O–H groups in total. The van der Waals surface area contributed by atoms with Gasteiger partial charge >= 0.3 is 0 Å². The molecule has 1 aromatic heterocycles. The predicted octanol–water partition coefficient (Wildman–Crippen LogP) is 2.40. The zero-order valence-electron chi connectivity index (χ0n) is 8.50. The highest BCUT2D eigenvalue weighted by atomic mass is 35.5. The molecule has 1 aromatic carbocycles. The second kappa shape index (κ2) is 4.65. The van der Waals surface area contributed by atoms with Gasteiger partial charge in [-0.3, -0.25) is 4.79 Å². The molecule has 1 heterocycles. The third-order valence-corrected chi connectivity index (χ3v) is 2.64. The van der Waals surface area contributed by atoms with Gasteiger partial charge in [0.2, 0.25) is 0 Å². The molecular formula is C10H8Cl2N4O. The number of aromatic amines is 1. The van der Waals surface area contributed by atoms with E-state index >= 15 is 0 Å². The number of nitrogens with one attached hydrogen (secondary N) is 2. The van der Waals surface area contributed by atoms with Gasteiger partial charge in [0.05, 0.1) is 17.0 Å². The van der Waals surface area contributed by atoms with Crippen molar-refractivity contribution in [1.82, 2.24) is 9.97 Å². The Morgan fingerprint density at radius 1 is 1.35 bits per heavy atom. The molecule has 0 saturated heterocycles. The fourth-order valence-corrected chi connectivity index (χ4v) is 1.57. The lowest BCUT2D eigenvalue weighted by Gasteiger charge is -2.09. The summed E-state index contributed by atoms with van der Waals surface area (Å²) >= 11 is 11.8. The minimum absolute atomic E-state index is 0.0106. The van der Waals surface area contributed by atoms with Gasteiger partial charge in [-0.2, -0.15) is 0 Å². The van der Waals surface area contributed by atoms with E-state index in [2.05, 4.69) is 15.3 Å². The zero-order valence-corrected chi connectivity index (χ0v) is 10.0. The van der Waals surface area contributed by atoms with Gasteiger partial charge in [0.1, 0.15) is 5.69 Å². The third-order valence-electron chi connectivity index (χ3n) is 2.07. The van der Waals surface area contributed by atoms with Crippen LogP contribution in [0, 0.1) is 0 Å². The lowest BCUT2D eigenvalue weighted by molar-refractivity contribution is 1.13. The van der Waals surface area contributed by atoms with Crippen LogP contribution < -0.4 is 16.6 Å². The van der Waals surface area contributed by atoms with Gasteiger partial charge in [-0.05, 0) is 18.2 Å². The Bertz CT molecular complexity index is 611. The number of halogens is 2. The third kappa shape index (κ3) is 2.51. The van der Waals surface area contributed by atoms with Gasteiger partial charge < -0.3 is 16.0 Å². The molecule has 2 rings (SSSR count). The number of nitrogen functional groups attached to an aromatic ring is 1. The Morgan fingerprint density at radius 2 is 2.12 bits per heavy atom. The highest BCUT2D eigenvalue weighted by molar-refractivity contribution is 6.35. The van der Waals surface area contributed by atoms with E-state index in [-0.39, 0.29) is 11.5 Å². The smallest absolute Gasteiger partial charge is 0.276 e. The molecule has 0 saturated carbocycles. The highest BCUT2D eigenvalue weighted by Gasteiger charge is 2.07. The summed E-state index contributed by atoms with van der Waals surface area (Å²) < 4.78 is 0. The molecule has 0 spiro atoms. The van der Waals surface area contributed by atoms with Crippen LogP contribution in [0.5, 0.6) is 0 Å². The number of hydrogen-bond donors (Lipinski definition) is 3. The fraction of sp³-hybridized carbons (Fsp3) is 0. The number of rotatable bonds is 2. The van der Waals surface area contributed by atoms with E-state index < -0.39 is 5.56 Å². The van der Waals surface area contributed by atoms with Gasteiger partial charge in [0.25, 0.3) is 5.56 Å². The van der Waals surface area contributed by atoms with Crippen LogP contribution in [-0.4, -0.2) is 9.97 Å². The molecule has 0 fully saturated rings. The standard InChI is InChI=1S/C10H8Cl2N4O/c11-5-1-2-6(12)7(3-5)16-9-8(13)10(17)15-4-14-9/h1-4H,13H2,(H2,14,15,16,17). The first kappa shape index (κ1) is 11.8. The molecule has 0 bridgehead atoms. The van der Waals surface area contributed by atoms with Crippen molar-refractivity contribution in [1.29, 1.82) is 0 Å². The van der Waals surface area contributed by atoms with Crippen LogP contribution in [0.1, 0.15) is 0 Å². The van der Waals surface area contributed by atoms with Gasteiger partial charge in [-0.1, -0.05) is 23.2 Å². The van der Waals surface area contributed by atoms with Crippen molar-refractivity contribution >= 4 is 40.4 Å². The minimum Gasteiger partial charge on any atom is -0.391 e. The number of nitrogens with two attached hydrogens (primary N) is 1. The summed E-state index contributed by atoms with van der Waals surface area (Å²) in [4.78, 5) is 17.5. The van der Waals surface area contributed by atoms with Crippen LogP contribution >= 0.6 is 23.2 Å². The van der Waals surface area contributed by atoms with E-state index in [0.29, 0.717) is 15.7 Å². The van der Waals surface area contributed by atoms with Crippen molar-refractivity contribution in [2.75, 3.05) is 11.1 Å². The average Bonchev–Trinajstić information content (AvgIpc) is 2.30. The Morgan fingerprint density at radius 3 is 2.88 bits per heavy atom. The van der Waals surface area contributed by atoms with Crippen molar-refractivity contribution in [3.8, 4) is 0 Å². The average molecular weight is 271 g/mol. The van der Waals surface area contributed by atoms with Crippen molar-refractivity contribution < 1.29 is 0 Å². The number of anilines is 3. The SMILES string of the molecule is Nc1c(Nc2cc(Cl)ccc2Cl)nc[nH]c1=O. The van der Waals surface area contributed by atoms with E-state index in [1.807, 2.05) is 0 Å². The summed E-state index contributed by atoms with van der Waals surface area (Å²) in [7, 11) is 0. The maximum absolute atomic E-state index is 11.3. The van der Waals surface area contributed by atoms with Crippen LogP contribution in [0.15, 0.2) is 29.3 Å². The van der Waals surface area contributed by atoms with Gasteiger partial charge in [-0.25, -0.2) is 4.98 Å². The molecule has 0 aliphatic heterocycles. The summed E-state index contributed by atoms with van der Waals surface area (Å²) in [6, 6.07) is 4.91. The Hall–Kier alpha value is -1.72. The molecule has 0 aliphatic carbocycles. The van der Waals surface area contributed by atoms with Crippen LogP contribution in [0.3, 0.4) is 0 Å². The number of nitrogens with zero attached hydrogens (tertiary/aromatic N) is 1. The van der Waals surface area contributed by atoms with Crippen molar-refractivity contribution in [3.05, 3.63) is 44.9 Å². The Labute approximate surface area is 107 Å². The van der Waals surface area contributed by atoms with Crippen LogP contribution in [0.4, 0.5) is 17.2 Å². The summed E-state index contributed by atoms with van der Waals surface area (Å²) in [5.74, 6) is 0.234. The second-order valence-electron chi connectivity index (χ2n) is 3.24. The van der Waals surface area contributed by atoms with E-state index in [9.17, 15) is 4.79 Å². The quantitative estimate of drug-likeness (QED) is 0.783. The number of benzene rings is 1. The van der Waals surface area contributed by atoms with E-state index in [1.54, 1.807) is 18.2 Å².